The van der Waals surface area contributed by atoms with E-state index in [1.165, 1.54) is 19.5 Å². The van der Waals surface area contributed by atoms with Crippen LogP contribution < -0.4 is 0 Å². The van der Waals surface area contributed by atoms with Gasteiger partial charge < -0.3 is 0 Å². The Bertz CT molecular complexity index is 530. The molecule has 0 spiro atoms. The highest BCUT2D eigenvalue weighted by atomic mass is 32.1. The summed E-state index contributed by atoms with van der Waals surface area (Å²) in [5, 5.41) is 4.17. The van der Waals surface area contributed by atoms with Gasteiger partial charge in [0.15, 0.2) is 0 Å². The summed E-state index contributed by atoms with van der Waals surface area (Å²) in [6, 6.07) is 13.1. The van der Waals surface area contributed by atoms with Crippen molar-refractivity contribution in [2.24, 2.45) is 0 Å². The van der Waals surface area contributed by atoms with Crippen LogP contribution in [0.1, 0.15) is 0 Å². The van der Waals surface area contributed by atoms with Crippen LogP contribution in [-0.4, -0.2) is 0 Å². The SMILES string of the molecule is c1ccc2sc3c#csc3c2c#1. The van der Waals surface area contributed by atoms with E-state index in [-0.39, 0.29) is 0 Å². The summed E-state index contributed by atoms with van der Waals surface area (Å²) >= 11 is 3.34. The first-order chi connectivity index (χ1) is 5.95. The predicted octanol–water partition coefficient (Wildman–Crippen LogP) is 3.32. The number of rotatable bonds is 0. The molecule has 0 aliphatic heterocycles. The first-order valence-electron chi connectivity index (χ1n) is 3.48. The van der Waals surface area contributed by atoms with E-state index in [1.807, 2.05) is 6.07 Å². The molecule has 3 rings (SSSR count). The predicted molar refractivity (Wildman–Crippen MR) is 52.6 cm³/mol. The maximum atomic E-state index is 3.12. The lowest BCUT2D eigenvalue weighted by Gasteiger charge is -1.78. The monoisotopic (exact) mass is 186 g/mol. The fraction of sp³-hybridized carbons (Fsp3) is 0. The van der Waals surface area contributed by atoms with Gasteiger partial charge in [-0.1, -0.05) is 23.5 Å². The van der Waals surface area contributed by atoms with Gasteiger partial charge in [0.25, 0.3) is 0 Å². The Kier molecular flexibility index (Phi) is 1.12. The Morgan fingerprint density at radius 1 is 1.25 bits per heavy atom. The second kappa shape index (κ2) is 2.14. The summed E-state index contributed by atoms with van der Waals surface area (Å²) in [7, 11) is 0. The fourth-order valence-corrected chi connectivity index (χ4v) is 3.15. The van der Waals surface area contributed by atoms with E-state index < -0.39 is 0 Å². The Balaban J connectivity index is 2.68. The lowest BCUT2D eigenvalue weighted by Crippen LogP contribution is -1.54. The molecular formula is C10H2S2. The molecule has 2 heterocycles. The minimum Gasteiger partial charge on any atom is -0.124 e. The van der Waals surface area contributed by atoms with Gasteiger partial charge in [0.1, 0.15) is 0 Å². The van der Waals surface area contributed by atoms with Crippen LogP contribution in [0, 0.1) is 23.6 Å². The lowest BCUT2D eigenvalue weighted by atomic mass is 10.3. The van der Waals surface area contributed by atoms with Crippen molar-refractivity contribution < 1.29 is 0 Å². The summed E-state index contributed by atoms with van der Waals surface area (Å²) in [4.78, 5) is 0. The molecule has 54 valence electrons. The van der Waals surface area contributed by atoms with E-state index in [2.05, 4.69) is 29.6 Å². The van der Waals surface area contributed by atoms with Crippen molar-refractivity contribution in [1.82, 2.24) is 0 Å². The maximum Gasteiger partial charge on any atom is 0.0978 e. The van der Waals surface area contributed by atoms with Gasteiger partial charge in [-0.2, -0.15) is 0 Å². The third-order valence-corrected chi connectivity index (χ3v) is 3.74. The molecule has 0 radical (unpaired) electrons. The molecule has 0 saturated heterocycles. The van der Waals surface area contributed by atoms with E-state index >= 15 is 0 Å². The standard InChI is InChI=1S/C10H2S2/c1-2-4-8-7(3-1)10-9(12-8)5-6-11-10/h2,4H. The fourth-order valence-electron chi connectivity index (χ4n) is 1.20. The first-order valence-corrected chi connectivity index (χ1v) is 5.11. The third-order valence-electron chi connectivity index (χ3n) is 1.72. The molecule has 12 heavy (non-hydrogen) atoms. The molecule has 0 atom stereocenters. The molecule has 2 heteroatoms. The molecule has 0 nitrogen and oxygen atoms in total. The summed E-state index contributed by atoms with van der Waals surface area (Å²) in [5.74, 6) is 0. The quantitative estimate of drug-likeness (QED) is 0.505. The summed E-state index contributed by atoms with van der Waals surface area (Å²) in [6.07, 6.45) is 0. The Morgan fingerprint density at radius 2 is 2.25 bits per heavy atom. The highest BCUT2D eigenvalue weighted by Crippen LogP contribution is 2.33. The largest absolute Gasteiger partial charge is 0.124 e. The number of hydrogen-bond donors (Lipinski definition) is 0. The van der Waals surface area contributed by atoms with E-state index in [9.17, 15) is 0 Å². The Labute approximate surface area is 78.1 Å². The van der Waals surface area contributed by atoms with E-state index in [0.717, 1.165) is 0 Å². The minimum atomic E-state index is 1.17. The van der Waals surface area contributed by atoms with Crippen molar-refractivity contribution in [3.63, 3.8) is 0 Å². The van der Waals surface area contributed by atoms with Crippen molar-refractivity contribution in [2.75, 3.05) is 0 Å². The highest BCUT2D eigenvalue weighted by molar-refractivity contribution is 7.31. The molecular weight excluding hydrogens is 184 g/mol. The summed E-state index contributed by atoms with van der Waals surface area (Å²) < 4.78 is 3.69. The van der Waals surface area contributed by atoms with Gasteiger partial charge >= 0.3 is 0 Å². The lowest BCUT2D eigenvalue weighted by molar-refractivity contribution is 1.93. The van der Waals surface area contributed by atoms with Gasteiger partial charge in [0, 0.05) is 4.70 Å². The average Bonchev–Trinajstić information content (AvgIpc) is 2.62. The highest BCUT2D eigenvalue weighted by Gasteiger charge is 2.03. The van der Waals surface area contributed by atoms with Gasteiger partial charge in [-0.05, 0) is 23.6 Å². The minimum absolute atomic E-state index is 1.17. The Morgan fingerprint density at radius 3 is 3.25 bits per heavy atom. The smallest absolute Gasteiger partial charge is 0.0978 e. The molecule has 2 aromatic heterocycles. The summed E-state index contributed by atoms with van der Waals surface area (Å²) in [5.41, 5.74) is 0. The zero-order valence-corrected chi connectivity index (χ0v) is 7.60. The van der Waals surface area contributed by atoms with Crippen LogP contribution in [0.3, 0.4) is 0 Å². The molecule has 0 aliphatic carbocycles. The number of hydrogen-bond acceptors (Lipinski definition) is 2. The molecule has 0 unspecified atom stereocenters. The zero-order valence-electron chi connectivity index (χ0n) is 5.97. The molecule has 0 saturated carbocycles. The van der Waals surface area contributed by atoms with Crippen molar-refractivity contribution in [1.29, 1.82) is 0 Å². The molecule has 0 bridgehead atoms. The summed E-state index contributed by atoms with van der Waals surface area (Å²) in [6.45, 7) is 0. The molecule has 1 aromatic carbocycles. The topological polar surface area (TPSA) is 0 Å². The van der Waals surface area contributed by atoms with E-state index in [4.69, 9.17) is 0 Å². The van der Waals surface area contributed by atoms with Gasteiger partial charge in [-0.25, -0.2) is 0 Å². The van der Waals surface area contributed by atoms with Crippen LogP contribution >= 0.6 is 22.7 Å². The molecule has 0 aliphatic rings. The van der Waals surface area contributed by atoms with Crippen LogP contribution in [0.25, 0.3) is 19.5 Å². The molecule has 0 amide bonds. The van der Waals surface area contributed by atoms with Crippen LogP contribution in [0.5, 0.6) is 0 Å². The van der Waals surface area contributed by atoms with Gasteiger partial charge in [-0.15, -0.1) is 11.3 Å². The van der Waals surface area contributed by atoms with E-state index in [0.29, 0.717) is 0 Å². The second-order valence-electron chi connectivity index (χ2n) is 2.43. The van der Waals surface area contributed by atoms with Crippen molar-refractivity contribution in [3.05, 3.63) is 35.7 Å². The van der Waals surface area contributed by atoms with Gasteiger partial charge in [-0.3, -0.25) is 0 Å². The second-order valence-corrected chi connectivity index (χ2v) is 4.30. The molecule has 0 fully saturated rings. The van der Waals surface area contributed by atoms with Crippen LogP contribution in [0.15, 0.2) is 12.1 Å². The van der Waals surface area contributed by atoms with Gasteiger partial charge in [0.2, 0.25) is 0 Å². The van der Waals surface area contributed by atoms with Gasteiger partial charge in [0.05, 0.1) is 14.8 Å². The number of thiophene rings is 1. The normalized spacial score (nSPS) is 10.0. The van der Waals surface area contributed by atoms with Crippen molar-refractivity contribution in [3.8, 4) is 0 Å². The maximum absolute atomic E-state index is 3.12. The van der Waals surface area contributed by atoms with Crippen LogP contribution in [0.2, 0.25) is 0 Å². The average molecular weight is 186 g/mol. The molecule has 0 N–H and O–H groups in total. The Hall–Kier alpha value is -1.22. The van der Waals surface area contributed by atoms with Crippen LogP contribution in [-0.2, 0) is 0 Å². The zero-order chi connectivity index (χ0) is 7.97. The van der Waals surface area contributed by atoms with Crippen molar-refractivity contribution in [2.45, 2.75) is 0 Å². The number of fused-ring (bicyclic) bond motifs is 3. The van der Waals surface area contributed by atoms with Crippen molar-refractivity contribution >= 4 is 42.2 Å². The molecule has 3 aromatic rings. The first kappa shape index (κ1) is 6.31. The third kappa shape index (κ3) is 0.689. The van der Waals surface area contributed by atoms with E-state index in [1.54, 1.807) is 22.7 Å². The van der Waals surface area contributed by atoms with Crippen LogP contribution in [0.4, 0.5) is 0 Å².